The first-order chi connectivity index (χ1) is 7.16. The minimum absolute atomic E-state index is 0.00124. The van der Waals surface area contributed by atoms with Gasteiger partial charge in [-0.15, -0.1) is 0 Å². The highest BCUT2D eigenvalue weighted by atomic mass is 35.5. The van der Waals surface area contributed by atoms with Crippen LogP contribution in [0.5, 0.6) is 5.75 Å². The van der Waals surface area contributed by atoms with E-state index < -0.39 is 0 Å². The summed E-state index contributed by atoms with van der Waals surface area (Å²) in [4.78, 5) is 3.78. The number of hydrogen-bond acceptors (Lipinski definition) is 2. The Balaban J connectivity index is 2.58. The number of halogens is 2. The van der Waals surface area contributed by atoms with Crippen LogP contribution in [0.4, 0.5) is 4.39 Å². The van der Waals surface area contributed by atoms with Crippen LogP contribution in [-0.4, -0.2) is 10.1 Å². The zero-order chi connectivity index (χ0) is 10.8. The Morgan fingerprint density at radius 1 is 1.27 bits per heavy atom. The Morgan fingerprint density at radius 2 is 2.07 bits per heavy atom. The van der Waals surface area contributed by atoms with Gasteiger partial charge < -0.3 is 5.11 Å². The molecule has 1 heterocycles. The number of pyridine rings is 1. The number of aromatic hydroxyl groups is 1. The third kappa shape index (κ3) is 2.07. The fourth-order valence-electron chi connectivity index (χ4n) is 1.30. The third-order valence-electron chi connectivity index (χ3n) is 1.96. The van der Waals surface area contributed by atoms with Crippen molar-refractivity contribution in [3.63, 3.8) is 0 Å². The molecular formula is C11H7ClFNO. The molecule has 1 aromatic heterocycles. The molecule has 0 atom stereocenters. The molecule has 0 aliphatic carbocycles. The summed E-state index contributed by atoms with van der Waals surface area (Å²) >= 11 is 5.84. The fraction of sp³-hybridized carbons (Fsp3) is 0. The largest absolute Gasteiger partial charge is 0.506 e. The quantitative estimate of drug-likeness (QED) is 0.753. The van der Waals surface area contributed by atoms with E-state index in [1.54, 1.807) is 12.1 Å². The molecule has 0 bridgehead atoms. The average Bonchev–Trinajstić information content (AvgIpc) is 2.22. The second kappa shape index (κ2) is 3.87. The van der Waals surface area contributed by atoms with Crippen molar-refractivity contribution in [1.82, 2.24) is 4.98 Å². The van der Waals surface area contributed by atoms with Crippen molar-refractivity contribution in [2.24, 2.45) is 0 Å². The van der Waals surface area contributed by atoms with Gasteiger partial charge in [-0.1, -0.05) is 23.7 Å². The summed E-state index contributed by atoms with van der Waals surface area (Å²) in [5.74, 6) is -0.356. The van der Waals surface area contributed by atoms with Gasteiger partial charge in [-0.3, -0.25) is 0 Å². The van der Waals surface area contributed by atoms with Crippen LogP contribution in [0.1, 0.15) is 0 Å². The summed E-state index contributed by atoms with van der Waals surface area (Å²) in [6.07, 6.45) is 1.24. The first-order valence-corrected chi connectivity index (χ1v) is 4.65. The van der Waals surface area contributed by atoms with Crippen LogP contribution in [0, 0.1) is 5.82 Å². The van der Waals surface area contributed by atoms with Crippen molar-refractivity contribution >= 4 is 11.6 Å². The van der Waals surface area contributed by atoms with Crippen LogP contribution in [0.3, 0.4) is 0 Å². The van der Waals surface area contributed by atoms with Crippen molar-refractivity contribution in [2.45, 2.75) is 0 Å². The maximum absolute atomic E-state index is 13.0. The van der Waals surface area contributed by atoms with Crippen LogP contribution in [0.2, 0.25) is 5.15 Å². The molecule has 15 heavy (non-hydrogen) atoms. The SMILES string of the molecule is Oc1cnc(Cl)c(-c2cccc(F)c2)c1. The topological polar surface area (TPSA) is 33.1 Å². The van der Waals surface area contributed by atoms with Crippen LogP contribution in [-0.2, 0) is 0 Å². The molecule has 0 aliphatic rings. The summed E-state index contributed by atoms with van der Waals surface area (Å²) in [6.45, 7) is 0. The normalized spacial score (nSPS) is 10.3. The highest BCUT2D eigenvalue weighted by molar-refractivity contribution is 6.32. The van der Waals surface area contributed by atoms with Crippen LogP contribution < -0.4 is 0 Å². The zero-order valence-electron chi connectivity index (χ0n) is 7.61. The van der Waals surface area contributed by atoms with Gasteiger partial charge >= 0.3 is 0 Å². The third-order valence-corrected chi connectivity index (χ3v) is 2.26. The molecule has 2 aromatic rings. The molecule has 4 heteroatoms. The molecule has 0 radical (unpaired) electrons. The predicted molar refractivity (Wildman–Crippen MR) is 56.3 cm³/mol. The van der Waals surface area contributed by atoms with Gasteiger partial charge in [-0.25, -0.2) is 9.37 Å². The number of benzene rings is 1. The molecule has 0 saturated carbocycles. The smallest absolute Gasteiger partial charge is 0.137 e. The number of rotatable bonds is 1. The van der Waals surface area contributed by atoms with Gasteiger partial charge in [0.05, 0.1) is 6.20 Å². The Labute approximate surface area is 91.0 Å². The molecule has 2 rings (SSSR count). The first kappa shape index (κ1) is 9.93. The summed E-state index contributed by atoms with van der Waals surface area (Å²) < 4.78 is 13.0. The second-order valence-electron chi connectivity index (χ2n) is 3.04. The summed E-state index contributed by atoms with van der Waals surface area (Å²) in [7, 11) is 0. The van der Waals surface area contributed by atoms with E-state index in [0.717, 1.165) is 0 Å². The molecule has 2 nitrogen and oxygen atoms in total. The van der Waals surface area contributed by atoms with Crippen molar-refractivity contribution in [1.29, 1.82) is 0 Å². The lowest BCUT2D eigenvalue weighted by Crippen LogP contribution is -1.84. The van der Waals surface area contributed by atoms with Crippen molar-refractivity contribution < 1.29 is 9.50 Å². The standard InChI is InChI=1S/C11H7ClFNO/c12-11-10(5-9(15)6-14-11)7-2-1-3-8(13)4-7/h1-6,15H. The highest BCUT2D eigenvalue weighted by Crippen LogP contribution is 2.29. The molecule has 0 spiro atoms. The zero-order valence-corrected chi connectivity index (χ0v) is 8.37. The molecule has 1 aromatic carbocycles. The van der Waals surface area contributed by atoms with Crippen LogP contribution >= 0.6 is 11.6 Å². The molecule has 1 N–H and O–H groups in total. The highest BCUT2D eigenvalue weighted by Gasteiger charge is 2.06. The molecule has 76 valence electrons. The number of hydrogen-bond donors (Lipinski definition) is 1. The summed E-state index contributed by atoms with van der Waals surface area (Å²) in [5.41, 5.74) is 1.10. The summed E-state index contributed by atoms with van der Waals surface area (Å²) in [5, 5.41) is 9.49. The lowest BCUT2D eigenvalue weighted by Gasteiger charge is -2.04. The molecule has 0 aliphatic heterocycles. The van der Waals surface area contributed by atoms with E-state index in [2.05, 4.69) is 4.98 Å². The lowest BCUT2D eigenvalue weighted by molar-refractivity contribution is 0.473. The van der Waals surface area contributed by atoms with Crippen molar-refractivity contribution in [3.05, 3.63) is 47.5 Å². The van der Waals surface area contributed by atoms with Crippen LogP contribution in [0.15, 0.2) is 36.5 Å². The molecule has 0 fully saturated rings. The number of aromatic nitrogens is 1. The predicted octanol–water partition coefficient (Wildman–Crippen LogP) is 3.25. The first-order valence-electron chi connectivity index (χ1n) is 4.27. The van der Waals surface area contributed by atoms with E-state index in [9.17, 15) is 9.50 Å². The van der Waals surface area contributed by atoms with Crippen molar-refractivity contribution in [2.75, 3.05) is 0 Å². The van der Waals surface area contributed by atoms with Gasteiger partial charge in [0.15, 0.2) is 0 Å². The van der Waals surface area contributed by atoms with Gasteiger partial charge in [0, 0.05) is 5.56 Å². The van der Waals surface area contributed by atoms with E-state index in [0.29, 0.717) is 11.1 Å². The lowest BCUT2D eigenvalue weighted by atomic mass is 10.1. The Morgan fingerprint density at radius 3 is 2.80 bits per heavy atom. The monoisotopic (exact) mass is 223 g/mol. The molecular weight excluding hydrogens is 217 g/mol. The minimum atomic E-state index is -0.355. The van der Waals surface area contributed by atoms with E-state index in [4.69, 9.17) is 11.6 Å². The molecule has 0 amide bonds. The second-order valence-corrected chi connectivity index (χ2v) is 3.40. The Kier molecular flexibility index (Phi) is 2.56. The summed E-state index contributed by atoms with van der Waals surface area (Å²) in [6, 6.07) is 7.40. The van der Waals surface area contributed by atoms with Gasteiger partial charge in [0.1, 0.15) is 16.7 Å². The maximum atomic E-state index is 13.0. The Bertz CT molecular complexity index is 502. The van der Waals surface area contributed by atoms with Gasteiger partial charge in [-0.2, -0.15) is 0 Å². The molecule has 0 unspecified atom stereocenters. The maximum Gasteiger partial charge on any atom is 0.137 e. The van der Waals surface area contributed by atoms with Gasteiger partial charge in [-0.05, 0) is 23.8 Å². The van der Waals surface area contributed by atoms with Gasteiger partial charge in [0.25, 0.3) is 0 Å². The Hall–Kier alpha value is -1.61. The van der Waals surface area contributed by atoms with E-state index in [-0.39, 0.29) is 16.7 Å². The van der Waals surface area contributed by atoms with Gasteiger partial charge in [0.2, 0.25) is 0 Å². The number of nitrogens with zero attached hydrogens (tertiary/aromatic N) is 1. The van der Waals surface area contributed by atoms with E-state index >= 15 is 0 Å². The minimum Gasteiger partial charge on any atom is -0.506 e. The van der Waals surface area contributed by atoms with E-state index in [1.807, 2.05) is 0 Å². The average molecular weight is 224 g/mol. The van der Waals surface area contributed by atoms with Crippen LogP contribution in [0.25, 0.3) is 11.1 Å². The van der Waals surface area contributed by atoms with E-state index in [1.165, 1.54) is 24.4 Å². The fourth-order valence-corrected chi connectivity index (χ4v) is 1.51. The molecule has 0 saturated heterocycles. The van der Waals surface area contributed by atoms with Crippen molar-refractivity contribution in [3.8, 4) is 16.9 Å².